The second-order valence-electron chi connectivity index (χ2n) is 7.81. The number of rotatable bonds is 4. The first-order valence-corrected chi connectivity index (χ1v) is 10.8. The van der Waals surface area contributed by atoms with E-state index in [1.165, 1.54) is 12.3 Å². The van der Waals surface area contributed by atoms with E-state index in [2.05, 4.69) is 25.9 Å². The van der Waals surface area contributed by atoms with Gasteiger partial charge in [0.05, 0.1) is 15.7 Å². The van der Waals surface area contributed by atoms with E-state index < -0.39 is 17.2 Å². The SMILES string of the molecule is O=C(O)c1cn(C2CC2)c2cc(N3CCN(c4ncc(Br)cn4)CC3)c(F)cc2c1=O. The van der Waals surface area contributed by atoms with Crippen LogP contribution in [0.2, 0.25) is 0 Å². The lowest BCUT2D eigenvalue weighted by molar-refractivity contribution is 0.0695. The molecule has 0 radical (unpaired) electrons. The summed E-state index contributed by atoms with van der Waals surface area (Å²) in [5.41, 5.74) is 0.0186. The summed E-state index contributed by atoms with van der Waals surface area (Å²) in [6.07, 6.45) is 6.61. The summed E-state index contributed by atoms with van der Waals surface area (Å²) in [5, 5.41) is 9.49. The monoisotopic (exact) mass is 487 g/mol. The molecular weight excluding hydrogens is 469 g/mol. The van der Waals surface area contributed by atoms with Crippen molar-refractivity contribution in [2.24, 2.45) is 0 Å². The predicted molar refractivity (Wildman–Crippen MR) is 118 cm³/mol. The maximum Gasteiger partial charge on any atom is 0.341 e. The number of fused-ring (bicyclic) bond motifs is 1. The van der Waals surface area contributed by atoms with Gasteiger partial charge in [0.25, 0.3) is 0 Å². The Morgan fingerprint density at radius 2 is 1.74 bits per heavy atom. The van der Waals surface area contributed by atoms with E-state index in [1.54, 1.807) is 18.5 Å². The van der Waals surface area contributed by atoms with Crippen LogP contribution in [0, 0.1) is 5.82 Å². The molecule has 160 valence electrons. The second kappa shape index (κ2) is 7.60. The molecule has 0 amide bonds. The van der Waals surface area contributed by atoms with E-state index >= 15 is 4.39 Å². The van der Waals surface area contributed by atoms with Crippen LogP contribution >= 0.6 is 15.9 Å². The number of aromatic nitrogens is 3. The van der Waals surface area contributed by atoms with Crippen molar-refractivity contribution in [3.63, 3.8) is 0 Å². The number of benzene rings is 1. The predicted octanol–water partition coefficient (Wildman–Crippen LogP) is 3.05. The Kier molecular flexibility index (Phi) is 4.88. The number of piperazine rings is 1. The zero-order valence-corrected chi connectivity index (χ0v) is 18.0. The molecule has 3 aromatic rings. The smallest absolute Gasteiger partial charge is 0.341 e. The second-order valence-corrected chi connectivity index (χ2v) is 8.73. The third-order valence-corrected chi connectivity index (χ3v) is 6.19. The van der Waals surface area contributed by atoms with Crippen molar-refractivity contribution < 1.29 is 14.3 Å². The molecule has 5 rings (SSSR count). The number of carbonyl (C=O) groups is 1. The largest absolute Gasteiger partial charge is 0.477 e. The van der Waals surface area contributed by atoms with Crippen LogP contribution in [0.1, 0.15) is 29.2 Å². The Labute approximate surface area is 185 Å². The number of aromatic carboxylic acids is 1. The average Bonchev–Trinajstić information content (AvgIpc) is 3.60. The van der Waals surface area contributed by atoms with Gasteiger partial charge in [-0.25, -0.2) is 19.2 Å². The molecule has 1 aliphatic heterocycles. The molecule has 8 nitrogen and oxygen atoms in total. The minimum absolute atomic E-state index is 0.106. The van der Waals surface area contributed by atoms with Crippen LogP contribution in [-0.4, -0.2) is 51.8 Å². The molecule has 2 aliphatic rings. The number of hydrogen-bond acceptors (Lipinski definition) is 6. The summed E-state index contributed by atoms with van der Waals surface area (Å²) in [7, 11) is 0. The molecule has 1 saturated carbocycles. The van der Waals surface area contributed by atoms with Crippen LogP contribution in [0.4, 0.5) is 16.0 Å². The fourth-order valence-corrected chi connectivity index (χ4v) is 4.23. The first kappa shape index (κ1) is 19.9. The maximum absolute atomic E-state index is 15.0. The van der Waals surface area contributed by atoms with Crippen molar-refractivity contribution in [1.29, 1.82) is 0 Å². The third-order valence-electron chi connectivity index (χ3n) is 5.78. The topological polar surface area (TPSA) is 91.6 Å². The normalized spacial score (nSPS) is 16.7. The van der Waals surface area contributed by atoms with Gasteiger partial charge in [0.15, 0.2) is 0 Å². The molecule has 0 unspecified atom stereocenters. The molecular formula is C21H19BrFN5O3. The van der Waals surface area contributed by atoms with Gasteiger partial charge in [-0.3, -0.25) is 4.79 Å². The first-order chi connectivity index (χ1) is 14.9. The summed E-state index contributed by atoms with van der Waals surface area (Å²) in [6.45, 7) is 2.41. The van der Waals surface area contributed by atoms with Crippen LogP contribution in [0.15, 0.2) is 40.0 Å². The van der Waals surface area contributed by atoms with Gasteiger partial charge in [0.1, 0.15) is 11.4 Å². The molecule has 2 aromatic heterocycles. The summed E-state index contributed by atoms with van der Waals surface area (Å²) in [4.78, 5) is 36.7. The van der Waals surface area contributed by atoms with E-state index in [4.69, 9.17) is 0 Å². The van der Waals surface area contributed by atoms with Gasteiger partial charge in [0, 0.05) is 56.2 Å². The van der Waals surface area contributed by atoms with E-state index in [-0.39, 0.29) is 17.0 Å². The van der Waals surface area contributed by atoms with Crippen LogP contribution in [0.5, 0.6) is 0 Å². The van der Waals surface area contributed by atoms with Crippen molar-refractivity contribution in [2.75, 3.05) is 36.0 Å². The van der Waals surface area contributed by atoms with E-state index in [1.807, 2.05) is 14.4 Å². The van der Waals surface area contributed by atoms with Gasteiger partial charge in [-0.1, -0.05) is 0 Å². The Bertz CT molecular complexity index is 1230. The highest BCUT2D eigenvalue weighted by atomic mass is 79.9. The Morgan fingerprint density at radius 3 is 2.35 bits per heavy atom. The molecule has 10 heteroatoms. The summed E-state index contributed by atoms with van der Waals surface area (Å²) < 4.78 is 17.7. The quantitative estimate of drug-likeness (QED) is 0.604. The van der Waals surface area contributed by atoms with Gasteiger partial charge in [-0.15, -0.1) is 0 Å². The Hall–Kier alpha value is -3.01. The standard InChI is InChI=1S/C21H19BrFN5O3/c22-12-9-24-21(25-10-12)27-5-3-26(4-6-27)18-8-17-14(7-16(18)23)19(29)15(20(30)31)11-28(17)13-1-2-13/h7-11,13H,1-6H2,(H,30,31). The van der Waals surface area contributed by atoms with Crippen LogP contribution in [-0.2, 0) is 0 Å². The first-order valence-electron chi connectivity index (χ1n) is 10.0. The molecule has 1 aliphatic carbocycles. The third kappa shape index (κ3) is 3.65. The molecule has 0 bridgehead atoms. The fraction of sp³-hybridized carbons (Fsp3) is 0.333. The molecule has 31 heavy (non-hydrogen) atoms. The van der Waals surface area contributed by atoms with Gasteiger partial charge in [-0.2, -0.15) is 0 Å². The molecule has 1 aromatic carbocycles. The van der Waals surface area contributed by atoms with Crippen LogP contribution < -0.4 is 15.2 Å². The Balaban J connectivity index is 1.48. The van der Waals surface area contributed by atoms with Gasteiger partial charge >= 0.3 is 5.97 Å². The zero-order chi connectivity index (χ0) is 21.7. The highest BCUT2D eigenvalue weighted by Crippen LogP contribution is 2.38. The number of pyridine rings is 1. The number of halogens is 2. The maximum atomic E-state index is 15.0. The minimum atomic E-state index is -1.29. The van der Waals surface area contributed by atoms with Crippen LogP contribution in [0.25, 0.3) is 10.9 Å². The van der Waals surface area contributed by atoms with Crippen molar-refractivity contribution in [1.82, 2.24) is 14.5 Å². The number of anilines is 2. The highest BCUT2D eigenvalue weighted by Gasteiger charge is 2.28. The summed E-state index contributed by atoms with van der Waals surface area (Å²) in [5.74, 6) is -1.19. The lowest BCUT2D eigenvalue weighted by Gasteiger charge is -2.36. The number of carboxylic acid groups (broad SMARTS) is 1. The molecule has 1 N–H and O–H groups in total. The fourth-order valence-electron chi connectivity index (χ4n) is 4.02. The van der Waals surface area contributed by atoms with Gasteiger partial charge in [0.2, 0.25) is 11.4 Å². The van der Waals surface area contributed by atoms with Crippen molar-refractivity contribution >= 4 is 44.4 Å². The highest BCUT2D eigenvalue weighted by molar-refractivity contribution is 9.10. The summed E-state index contributed by atoms with van der Waals surface area (Å²) in [6, 6.07) is 3.01. The van der Waals surface area contributed by atoms with Crippen molar-refractivity contribution in [3.8, 4) is 0 Å². The van der Waals surface area contributed by atoms with Crippen molar-refractivity contribution in [3.05, 3.63) is 56.8 Å². The van der Waals surface area contributed by atoms with Gasteiger partial charge in [-0.05, 0) is 40.9 Å². The van der Waals surface area contributed by atoms with E-state index in [9.17, 15) is 14.7 Å². The average molecular weight is 488 g/mol. The van der Waals surface area contributed by atoms with Gasteiger partial charge < -0.3 is 19.5 Å². The van der Waals surface area contributed by atoms with E-state index in [0.717, 1.165) is 17.3 Å². The zero-order valence-electron chi connectivity index (χ0n) is 16.5. The lowest BCUT2D eigenvalue weighted by Crippen LogP contribution is -2.47. The van der Waals surface area contributed by atoms with E-state index in [0.29, 0.717) is 43.3 Å². The molecule has 2 fully saturated rings. The number of carboxylic acids is 1. The summed E-state index contributed by atoms with van der Waals surface area (Å²) >= 11 is 3.32. The number of nitrogens with zero attached hydrogens (tertiary/aromatic N) is 5. The number of hydrogen-bond donors (Lipinski definition) is 1. The molecule has 3 heterocycles. The molecule has 0 atom stereocenters. The molecule has 1 saturated heterocycles. The Morgan fingerprint density at radius 1 is 1.10 bits per heavy atom. The minimum Gasteiger partial charge on any atom is -0.477 e. The van der Waals surface area contributed by atoms with Crippen molar-refractivity contribution in [2.45, 2.75) is 18.9 Å². The molecule has 0 spiro atoms. The lowest BCUT2D eigenvalue weighted by atomic mass is 10.1. The van der Waals surface area contributed by atoms with Crippen LogP contribution in [0.3, 0.4) is 0 Å².